The molecule has 0 aromatic carbocycles. The van der Waals surface area contributed by atoms with Crippen molar-refractivity contribution in [2.24, 2.45) is 0 Å². The molecular formula is C12H17N5O2. The average molecular weight is 263 g/mol. The average Bonchev–Trinajstić information content (AvgIpc) is 2.79. The van der Waals surface area contributed by atoms with Gasteiger partial charge in [0, 0.05) is 13.0 Å². The Morgan fingerprint density at radius 3 is 3.00 bits per heavy atom. The minimum absolute atomic E-state index is 0.0238. The minimum Gasteiger partial charge on any atom is -0.481 e. The lowest BCUT2D eigenvalue weighted by Gasteiger charge is -2.05. The van der Waals surface area contributed by atoms with Crippen LogP contribution in [0.2, 0.25) is 0 Å². The van der Waals surface area contributed by atoms with Crippen molar-refractivity contribution in [1.29, 1.82) is 0 Å². The molecule has 0 radical (unpaired) electrons. The van der Waals surface area contributed by atoms with E-state index < -0.39 is 5.97 Å². The molecule has 102 valence electrons. The molecular weight excluding hydrogens is 246 g/mol. The van der Waals surface area contributed by atoms with Gasteiger partial charge in [-0.15, -0.1) is 15.3 Å². The van der Waals surface area contributed by atoms with E-state index >= 15 is 0 Å². The molecule has 2 aromatic rings. The second-order valence-corrected chi connectivity index (χ2v) is 4.28. The number of unbranched alkanes of at least 4 members (excludes halogenated alkanes) is 1. The van der Waals surface area contributed by atoms with Crippen molar-refractivity contribution in [2.75, 3.05) is 11.9 Å². The molecule has 0 amide bonds. The quantitative estimate of drug-likeness (QED) is 0.733. The van der Waals surface area contributed by atoms with Gasteiger partial charge >= 0.3 is 5.97 Å². The van der Waals surface area contributed by atoms with E-state index in [2.05, 4.69) is 27.5 Å². The fourth-order valence-corrected chi connectivity index (χ4v) is 1.70. The number of aromatic nitrogens is 4. The zero-order valence-electron chi connectivity index (χ0n) is 10.8. The standard InChI is InChI=1S/C12H17N5O2/c1-2-3-8-13-9-4-5-10-14-15-11(17(10)16-9)6-7-12(18)19/h4-5H,2-3,6-8H2,1H3,(H,13,16)(H,18,19). The highest BCUT2D eigenvalue weighted by Gasteiger charge is 2.09. The maximum Gasteiger partial charge on any atom is 0.303 e. The first-order valence-electron chi connectivity index (χ1n) is 6.37. The maximum atomic E-state index is 10.6. The summed E-state index contributed by atoms with van der Waals surface area (Å²) in [5, 5.41) is 24.2. The summed E-state index contributed by atoms with van der Waals surface area (Å²) in [5.74, 6) is 0.461. The molecule has 7 nitrogen and oxygen atoms in total. The van der Waals surface area contributed by atoms with Crippen LogP contribution >= 0.6 is 0 Å². The number of carbonyl (C=O) groups is 1. The van der Waals surface area contributed by atoms with E-state index in [4.69, 9.17) is 5.11 Å². The number of rotatable bonds is 7. The van der Waals surface area contributed by atoms with Crippen LogP contribution in [0.5, 0.6) is 0 Å². The summed E-state index contributed by atoms with van der Waals surface area (Å²) in [6.45, 7) is 2.99. The summed E-state index contributed by atoms with van der Waals surface area (Å²) >= 11 is 0. The number of carboxylic acids is 1. The van der Waals surface area contributed by atoms with Crippen LogP contribution in [0.1, 0.15) is 32.0 Å². The van der Waals surface area contributed by atoms with E-state index in [-0.39, 0.29) is 6.42 Å². The van der Waals surface area contributed by atoms with E-state index in [1.807, 2.05) is 12.1 Å². The van der Waals surface area contributed by atoms with Crippen molar-refractivity contribution >= 4 is 17.4 Å². The van der Waals surface area contributed by atoms with Gasteiger partial charge in [-0.3, -0.25) is 4.79 Å². The van der Waals surface area contributed by atoms with Crippen molar-refractivity contribution in [3.05, 3.63) is 18.0 Å². The van der Waals surface area contributed by atoms with Gasteiger partial charge in [0.05, 0.1) is 6.42 Å². The molecule has 0 saturated heterocycles. The lowest BCUT2D eigenvalue weighted by Crippen LogP contribution is -2.08. The Morgan fingerprint density at radius 1 is 1.42 bits per heavy atom. The lowest BCUT2D eigenvalue weighted by atomic mass is 10.3. The van der Waals surface area contributed by atoms with Gasteiger partial charge in [-0.1, -0.05) is 13.3 Å². The van der Waals surface area contributed by atoms with Gasteiger partial charge in [0.15, 0.2) is 11.5 Å². The van der Waals surface area contributed by atoms with Crippen molar-refractivity contribution < 1.29 is 9.90 Å². The second kappa shape index (κ2) is 6.12. The van der Waals surface area contributed by atoms with Crippen molar-refractivity contribution in [3.8, 4) is 0 Å². The fraction of sp³-hybridized carbons (Fsp3) is 0.500. The summed E-state index contributed by atoms with van der Waals surface area (Å²) in [6, 6.07) is 3.67. The Balaban J connectivity index is 2.14. The number of aryl methyl sites for hydroxylation is 1. The van der Waals surface area contributed by atoms with Crippen LogP contribution in [0.15, 0.2) is 12.1 Å². The normalized spacial score (nSPS) is 10.8. The highest BCUT2D eigenvalue weighted by Crippen LogP contribution is 2.08. The third-order valence-corrected chi connectivity index (χ3v) is 2.73. The van der Waals surface area contributed by atoms with Crippen LogP contribution in [0.3, 0.4) is 0 Å². The van der Waals surface area contributed by atoms with Crippen molar-refractivity contribution in [3.63, 3.8) is 0 Å². The Kier molecular flexibility index (Phi) is 4.27. The highest BCUT2D eigenvalue weighted by atomic mass is 16.4. The van der Waals surface area contributed by atoms with Gasteiger partial charge in [0.2, 0.25) is 0 Å². The number of nitrogens with one attached hydrogen (secondary N) is 1. The molecule has 2 aromatic heterocycles. The van der Waals surface area contributed by atoms with Crippen LogP contribution in [-0.2, 0) is 11.2 Å². The Labute approximate surface area is 110 Å². The molecule has 0 aliphatic rings. The minimum atomic E-state index is -0.853. The number of hydrogen-bond donors (Lipinski definition) is 2. The van der Waals surface area contributed by atoms with Crippen LogP contribution in [0, 0.1) is 0 Å². The van der Waals surface area contributed by atoms with E-state index in [9.17, 15) is 4.79 Å². The predicted molar refractivity (Wildman–Crippen MR) is 70.1 cm³/mol. The van der Waals surface area contributed by atoms with Gasteiger partial charge in [0.25, 0.3) is 0 Å². The topological polar surface area (TPSA) is 92.4 Å². The molecule has 0 atom stereocenters. The number of hydrogen-bond acceptors (Lipinski definition) is 5. The number of fused-ring (bicyclic) bond motifs is 1. The Hall–Kier alpha value is -2.18. The molecule has 7 heteroatoms. The van der Waals surface area contributed by atoms with E-state index in [0.717, 1.165) is 25.2 Å². The smallest absolute Gasteiger partial charge is 0.303 e. The van der Waals surface area contributed by atoms with Crippen LogP contribution in [0.25, 0.3) is 5.65 Å². The van der Waals surface area contributed by atoms with Crippen molar-refractivity contribution in [2.45, 2.75) is 32.6 Å². The summed E-state index contributed by atoms with van der Waals surface area (Å²) in [6.07, 6.45) is 2.54. The largest absolute Gasteiger partial charge is 0.481 e. The number of nitrogens with zero attached hydrogens (tertiary/aromatic N) is 4. The molecule has 0 spiro atoms. The van der Waals surface area contributed by atoms with E-state index in [0.29, 0.717) is 17.9 Å². The molecule has 2 heterocycles. The van der Waals surface area contributed by atoms with Crippen LogP contribution in [-0.4, -0.2) is 37.4 Å². The van der Waals surface area contributed by atoms with Gasteiger partial charge in [-0.2, -0.15) is 4.52 Å². The molecule has 2 N–H and O–H groups in total. The predicted octanol–water partition coefficient (Wildman–Crippen LogP) is 1.35. The summed E-state index contributed by atoms with van der Waals surface area (Å²) in [4.78, 5) is 10.6. The first-order chi connectivity index (χ1) is 9.20. The Morgan fingerprint density at radius 2 is 2.26 bits per heavy atom. The third kappa shape index (κ3) is 3.40. The number of carboxylic acid groups (broad SMARTS) is 1. The molecule has 19 heavy (non-hydrogen) atoms. The molecule has 0 aliphatic carbocycles. The molecule has 0 unspecified atom stereocenters. The number of anilines is 1. The zero-order chi connectivity index (χ0) is 13.7. The maximum absolute atomic E-state index is 10.6. The van der Waals surface area contributed by atoms with Crippen molar-refractivity contribution in [1.82, 2.24) is 19.8 Å². The van der Waals surface area contributed by atoms with Crippen LogP contribution in [0.4, 0.5) is 5.82 Å². The van der Waals surface area contributed by atoms with Gasteiger partial charge in [-0.05, 0) is 18.6 Å². The van der Waals surface area contributed by atoms with E-state index in [1.54, 1.807) is 4.52 Å². The Bertz CT molecular complexity index is 566. The fourth-order valence-electron chi connectivity index (χ4n) is 1.70. The molecule has 0 bridgehead atoms. The second-order valence-electron chi connectivity index (χ2n) is 4.28. The number of aliphatic carboxylic acids is 1. The molecule has 0 fully saturated rings. The highest BCUT2D eigenvalue weighted by molar-refractivity contribution is 5.66. The van der Waals surface area contributed by atoms with Crippen LogP contribution < -0.4 is 5.32 Å². The summed E-state index contributed by atoms with van der Waals surface area (Å²) in [5.41, 5.74) is 0.626. The third-order valence-electron chi connectivity index (χ3n) is 2.73. The van der Waals surface area contributed by atoms with Gasteiger partial charge in [-0.25, -0.2) is 0 Å². The first kappa shape index (κ1) is 13.3. The SMILES string of the molecule is CCCCNc1ccc2nnc(CCC(=O)O)n2n1. The monoisotopic (exact) mass is 263 g/mol. The summed E-state index contributed by atoms with van der Waals surface area (Å²) in [7, 11) is 0. The van der Waals surface area contributed by atoms with E-state index in [1.165, 1.54) is 0 Å². The zero-order valence-corrected chi connectivity index (χ0v) is 10.8. The summed E-state index contributed by atoms with van der Waals surface area (Å²) < 4.78 is 1.59. The molecule has 0 saturated carbocycles. The molecule has 2 rings (SSSR count). The lowest BCUT2D eigenvalue weighted by molar-refractivity contribution is -0.137. The van der Waals surface area contributed by atoms with Gasteiger partial charge in [0.1, 0.15) is 5.82 Å². The first-order valence-corrected chi connectivity index (χ1v) is 6.37. The molecule has 0 aliphatic heterocycles. The van der Waals surface area contributed by atoms with Gasteiger partial charge < -0.3 is 10.4 Å².